The summed E-state index contributed by atoms with van der Waals surface area (Å²) in [6, 6.07) is 7.24. The number of nitrogens with zero attached hydrogens (tertiary/aromatic N) is 3. The summed E-state index contributed by atoms with van der Waals surface area (Å²) in [7, 11) is 0. The van der Waals surface area contributed by atoms with Crippen molar-refractivity contribution in [3.05, 3.63) is 24.3 Å². The van der Waals surface area contributed by atoms with E-state index in [-0.39, 0.29) is 24.5 Å². The number of nitrogens with one attached hydrogen (secondary N) is 1. The SMILES string of the molecule is O=C(CN1CCCCC1)NC[C@H]1CN(c2ccc(N3CCOCC3=O)cc2)C(=O)O1. The Labute approximate surface area is 175 Å². The Bertz CT molecular complexity index is 778. The first kappa shape index (κ1) is 20.6. The monoisotopic (exact) mass is 416 g/mol. The molecule has 1 atom stereocenters. The molecule has 162 valence electrons. The second-order valence-electron chi connectivity index (χ2n) is 7.87. The molecular weight excluding hydrogens is 388 g/mol. The topological polar surface area (TPSA) is 91.4 Å². The lowest BCUT2D eigenvalue weighted by Crippen LogP contribution is -2.42. The molecule has 3 amide bonds. The van der Waals surface area contributed by atoms with Gasteiger partial charge in [-0.2, -0.15) is 0 Å². The summed E-state index contributed by atoms with van der Waals surface area (Å²) in [5.41, 5.74) is 1.48. The molecule has 9 nitrogen and oxygen atoms in total. The zero-order valence-corrected chi connectivity index (χ0v) is 17.0. The molecule has 0 bridgehead atoms. The standard InChI is InChI=1S/C21H28N4O5/c26-19(14-23-8-2-1-3-9-23)22-12-18-13-25(21(28)30-18)17-6-4-16(5-7-17)24-10-11-29-15-20(24)27/h4-7,18H,1-3,8-15H2,(H,22,26)/t18-/m0/s1. The van der Waals surface area contributed by atoms with Crippen molar-refractivity contribution in [3.8, 4) is 0 Å². The fourth-order valence-corrected chi connectivity index (χ4v) is 4.05. The lowest BCUT2D eigenvalue weighted by molar-refractivity contribution is -0.125. The first-order valence-corrected chi connectivity index (χ1v) is 10.6. The van der Waals surface area contributed by atoms with Gasteiger partial charge >= 0.3 is 6.09 Å². The van der Waals surface area contributed by atoms with Gasteiger partial charge in [-0.1, -0.05) is 6.42 Å². The molecule has 3 aliphatic heterocycles. The van der Waals surface area contributed by atoms with Crippen molar-refractivity contribution in [3.63, 3.8) is 0 Å². The summed E-state index contributed by atoms with van der Waals surface area (Å²) in [5, 5.41) is 2.88. The van der Waals surface area contributed by atoms with Gasteiger partial charge in [-0.15, -0.1) is 0 Å². The van der Waals surface area contributed by atoms with E-state index in [1.165, 1.54) is 6.42 Å². The van der Waals surface area contributed by atoms with Crippen molar-refractivity contribution in [1.82, 2.24) is 10.2 Å². The maximum atomic E-state index is 12.3. The molecule has 1 aromatic carbocycles. The second kappa shape index (κ2) is 9.44. The number of hydrogen-bond donors (Lipinski definition) is 1. The Morgan fingerprint density at radius 2 is 1.70 bits per heavy atom. The van der Waals surface area contributed by atoms with Crippen molar-refractivity contribution >= 4 is 29.3 Å². The van der Waals surface area contributed by atoms with Crippen molar-refractivity contribution in [2.24, 2.45) is 0 Å². The summed E-state index contributed by atoms with van der Waals surface area (Å²) < 4.78 is 10.6. The van der Waals surface area contributed by atoms with E-state index in [0.717, 1.165) is 31.6 Å². The van der Waals surface area contributed by atoms with Gasteiger partial charge in [0.1, 0.15) is 12.7 Å². The van der Waals surface area contributed by atoms with Gasteiger partial charge in [-0.05, 0) is 50.2 Å². The molecule has 0 unspecified atom stereocenters. The Balaban J connectivity index is 1.28. The molecule has 1 aromatic rings. The van der Waals surface area contributed by atoms with Crippen molar-refractivity contribution in [1.29, 1.82) is 0 Å². The molecule has 3 fully saturated rings. The fourth-order valence-electron chi connectivity index (χ4n) is 4.05. The molecule has 3 aliphatic rings. The smallest absolute Gasteiger partial charge is 0.414 e. The number of ether oxygens (including phenoxy) is 2. The molecule has 3 saturated heterocycles. The number of cyclic esters (lactones) is 1. The van der Waals surface area contributed by atoms with Crippen molar-refractivity contribution < 1.29 is 23.9 Å². The molecular formula is C21H28N4O5. The third-order valence-corrected chi connectivity index (χ3v) is 5.68. The zero-order chi connectivity index (χ0) is 20.9. The zero-order valence-electron chi connectivity index (χ0n) is 17.0. The minimum atomic E-state index is -0.430. The van der Waals surface area contributed by atoms with Gasteiger partial charge < -0.3 is 19.7 Å². The van der Waals surface area contributed by atoms with Crippen LogP contribution in [0.1, 0.15) is 19.3 Å². The van der Waals surface area contributed by atoms with Gasteiger partial charge in [0.2, 0.25) is 5.91 Å². The summed E-state index contributed by atoms with van der Waals surface area (Å²) in [4.78, 5) is 41.8. The highest BCUT2D eigenvalue weighted by atomic mass is 16.6. The summed E-state index contributed by atoms with van der Waals surface area (Å²) in [6.45, 7) is 4.11. The van der Waals surface area contributed by atoms with Gasteiger partial charge in [-0.25, -0.2) is 4.79 Å². The molecule has 0 saturated carbocycles. The number of carbonyl (C=O) groups is 3. The van der Waals surface area contributed by atoms with Crippen LogP contribution in [0.2, 0.25) is 0 Å². The minimum Gasteiger partial charge on any atom is -0.442 e. The molecule has 0 aromatic heterocycles. The molecule has 30 heavy (non-hydrogen) atoms. The second-order valence-corrected chi connectivity index (χ2v) is 7.87. The van der Waals surface area contributed by atoms with E-state index in [1.807, 2.05) is 12.1 Å². The maximum Gasteiger partial charge on any atom is 0.414 e. The van der Waals surface area contributed by atoms with Crippen molar-refractivity contribution in [2.45, 2.75) is 25.4 Å². The lowest BCUT2D eigenvalue weighted by Gasteiger charge is -2.27. The molecule has 4 rings (SSSR count). The number of amides is 3. The first-order chi connectivity index (χ1) is 14.6. The largest absolute Gasteiger partial charge is 0.442 e. The van der Waals surface area contributed by atoms with E-state index < -0.39 is 6.09 Å². The van der Waals surface area contributed by atoms with Crippen LogP contribution in [0.25, 0.3) is 0 Å². The third-order valence-electron chi connectivity index (χ3n) is 5.68. The van der Waals surface area contributed by atoms with Crippen LogP contribution in [0.3, 0.4) is 0 Å². The molecule has 0 aliphatic carbocycles. The lowest BCUT2D eigenvalue weighted by atomic mass is 10.1. The van der Waals surface area contributed by atoms with E-state index in [1.54, 1.807) is 21.9 Å². The fraction of sp³-hybridized carbons (Fsp3) is 0.571. The average Bonchev–Trinajstić information content (AvgIpc) is 3.14. The molecule has 1 N–H and O–H groups in total. The highest BCUT2D eigenvalue weighted by molar-refractivity contribution is 5.95. The third kappa shape index (κ3) is 4.91. The first-order valence-electron chi connectivity index (χ1n) is 10.6. The Hall–Kier alpha value is -2.65. The van der Waals surface area contributed by atoms with Crippen LogP contribution in [-0.2, 0) is 19.1 Å². The number of benzene rings is 1. The van der Waals surface area contributed by atoms with Crippen LogP contribution >= 0.6 is 0 Å². The number of carbonyl (C=O) groups excluding carboxylic acids is 3. The predicted octanol–water partition coefficient (Wildman–Crippen LogP) is 0.977. The summed E-state index contributed by atoms with van der Waals surface area (Å²) >= 11 is 0. The quantitative estimate of drug-likeness (QED) is 0.743. The number of piperidine rings is 1. The van der Waals surface area contributed by atoms with Gasteiger partial charge in [0.05, 0.1) is 26.2 Å². The molecule has 3 heterocycles. The number of anilines is 2. The Morgan fingerprint density at radius 1 is 1.00 bits per heavy atom. The summed E-state index contributed by atoms with van der Waals surface area (Å²) in [6.07, 6.45) is 2.70. The number of hydrogen-bond acceptors (Lipinski definition) is 6. The predicted molar refractivity (Wildman–Crippen MR) is 111 cm³/mol. The maximum absolute atomic E-state index is 12.3. The summed E-state index contributed by atoms with van der Waals surface area (Å²) in [5.74, 6) is -0.110. The molecule has 0 radical (unpaired) electrons. The van der Waals surface area contributed by atoms with Gasteiger partial charge in [-0.3, -0.25) is 19.4 Å². The van der Waals surface area contributed by atoms with Crippen molar-refractivity contribution in [2.75, 3.05) is 62.3 Å². The van der Waals surface area contributed by atoms with Crippen LogP contribution in [-0.4, -0.2) is 81.4 Å². The molecule has 9 heteroatoms. The average molecular weight is 416 g/mol. The van der Waals surface area contributed by atoms with Gasteiger partial charge in [0.25, 0.3) is 5.91 Å². The normalized spacial score (nSPS) is 22.9. The van der Waals surface area contributed by atoms with Crippen LogP contribution in [0.4, 0.5) is 16.2 Å². The van der Waals surface area contributed by atoms with E-state index in [2.05, 4.69) is 10.2 Å². The number of rotatable bonds is 6. The van der Waals surface area contributed by atoms with Crippen LogP contribution in [0.5, 0.6) is 0 Å². The van der Waals surface area contributed by atoms with E-state index in [9.17, 15) is 14.4 Å². The van der Waals surface area contributed by atoms with Crippen LogP contribution in [0, 0.1) is 0 Å². The Kier molecular flexibility index (Phi) is 6.49. The number of morpholine rings is 1. The Morgan fingerprint density at radius 3 is 2.40 bits per heavy atom. The van der Waals surface area contributed by atoms with E-state index in [4.69, 9.17) is 9.47 Å². The highest BCUT2D eigenvalue weighted by Crippen LogP contribution is 2.25. The molecule has 0 spiro atoms. The minimum absolute atomic E-state index is 0.0362. The van der Waals surface area contributed by atoms with Crippen LogP contribution < -0.4 is 15.1 Å². The van der Waals surface area contributed by atoms with Crippen LogP contribution in [0.15, 0.2) is 24.3 Å². The van der Waals surface area contributed by atoms with E-state index >= 15 is 0 Å². The highest BCUT2D eigenvalue weighted by Gasteiger charge is 2.33. The van der Waals surface area contributed by atoms with E-state index in [0.29, 0.717) is 38.5 Å². The van der Waals surface area contributed by atoms with Gasteiger partial charge in [0.15, 0.2) is 0 Å². The number of likely N-dealkylation sites (tertiary alicyclic amines) is 1. The van der Waals surface area contributed by atoms with Gasteiger partial charge in [0, 0.05) is 17.9 Å².